The maximum atomic E-state index is 13.3. The van der Waals surface area contributed by atoms with Crippen molar-refractivity contribution in [2.45, 2.75) is 38.2 Å². The summed E-state index contributed by atoms with van der Waals surface area (Å²) >= 11 is 0. The fraction of sp³-hybridized carbons (Fsp3) is 0.400. The molecule has 1 aromatic heterocycles. The van der Waals surface area contributed by atoms with E-state index in [-0.39, 0.29) is 17.3 Å². The summed E-state index contributed by atoms with van der Waals surface area (Å²) in [5, 5.41) is 7.40. The number of nitrogens with zero attached hydrogens (tertiary/aromatic N) is 2. The highest BCUT2D eigenvalue weighted by Crippen LogP contribution is 2.55. The molecule has 1 aliphatic heterocycles. The number of hydrogen-bond acceptors (Lipinski definition) is 3. The summed E-state index contributed by atoms with van der Waals surface area (Å²) in [7, 11) is 0. The Morgan fingerprint density at radius 1 is 1.31 bits per heavy atom. The Morgan fingerprint density at radius 2 is 2.12 bits per heavy atom. The van der Waals surface area contributed by atoms with Crippen molar-refractivity contribution in [3.8, 4) is 5.69 Å². The van der Waals surface area contributed by atoms with Gasteiger partial charge in [-0.2, -0.15) is 5.10 Å². The Balaban J connectivity index is 1.60. The lowest BCUT2D eigenvalue weighted by Gasteiger charge is -2.50. The third kappa shape index (κ3) is 2.01. The Morgan fingerprint density at radius 3 is 2.85 bits per heavy atom. The number of benzene rings is 1. The van der Waals surface area contributed by atoms with Gasteiger partial charge in [-0.05, 0) is 61.6 Å². The van der Waals surface area contributed by atoms with Gasteiger partial charge in [0.2, 0.25) is 0 Å². The van der Waals surface area contributed by atoms with Crippen LogP contribution in [0.2, 0.25) is 0 Å². The molecule has 2 atom stereocenters. The molecule has 1 aromatic carbocycles. The number of rotatable bonds is 1. The average molecular weight is 353 g/mol. The summed E-state index contributed by atoms with van der Waals surface area (Å²) in [6.45, 7) is 2.76. The van der Waals surface area contributed by atoms with Crippen molar-refractivity contribution in [1.82, 2.24) is 15.1 Å². The van der Waals surface area contributed by atoms with Gasteiger partial charge in [-0.1, -0.05) is 12.5 Å². The molecular formula is C20H20FN3O2. The first-order valence-corrected chi connectivity index (χ1v) is 9.02. The first-order chi connectivity index (χ1) is 12.5. The van der Waals surface area contributed by atoms with Crippen LogP contribution in [0.3, 0.4) is 0 Å². The number of nitrogens with one attached hydrogen (secondary N) is 1. The predicted molar refractivity (Wildman–Crippen MR) is 94.4 cm³/mol. The number of fused-ring (bicyclic) bond motifs is 3. The summed E-state index contributed by atoms with van der Waals surface area (Å²) in [5.41, 5.74) is 3.60. The highest BCUT2D eigenvalue weighted by atomic mass is 19.1. The van der Waals surface area contributed by atoms with Gasteiger partial charge in [0, 0.05) is 5.41 Å². The second-order valence-electron chi connectivity index (χ2n) is 7.71. The normalized spacial score (nSPS) is 29.6. The molecule has 2 fully saturated rings. The van der Waals surface area contributed by atoms with E-state index < -0.39 is 5.60 Å². The number of alkyl carbamates (subject to hydrolysis) is 1. The van der Waals surface area contributed by atoms with Crippen LogP contribution in [0.1, 0.15) is 37.4 Å². The lowest BCUT2D eigenvalue weighted by Crippen LogP contribution is -2.54. The molecule has 1 spiro atoms. The van der Waals surface area contributed by atoms with E-state index in [1.165, 1.54) is 17.7 Å². The number of halogens is 1. The topological polar surface area (TPSA) is 56.2 Å². The van der Waals surface area contributed by atoms with Crippen LogP contribution in [0.4, 0.5) is 9.18 Å². The van der Waals surface area contributed by atoms with E-state index in [1.54, 1.807) is 12.1 Å². The molecule has 0 unspecified atom stereocenters. The summed E-state index contributed by atoms with van der Waals surface area (Å²) < 4.78 is 20.9. The van der Waals surface area contributed by atoms with Crippen LogP contribution in [0.5, 0.6) is 0 Å². The minimum absolute atomic E-state index is 0.228. The second-order valence-corrected chi connectivity index (χ2v) is 7.71. The zero-order valence-corrected chi connectivity index (χ0v) is 14.6. The van der Waals surface area contributed by atoms with Crippen LogP contribution in [0.25, 0.3) is 11.8 Å². The first kappa shape index (κ1) is 15.6. The zero-order valence-electron chi connectivity index (χ0n) is 14.6. The monoisotopic (exact) mass is 353 g/mol. The van der Waals surface area contributed by atoms with Crippen molar-refractivity contribution < 1.29 is 13.9 Å². The maximum absolute atomic E-state index is 13.3. The molecule has 6 heteroatoms. The third-order valence-corrected chi connectivity index (χ3v) is 6.36. The van der Waals surface area contributed by atoms with Crippen molar-refractivity contribution in [3.63, 3.8) is 0 Å². The molecule has 1 saturated heterocycles. The van der Waals surface area contributed by atoms with E-state index in [0.29, 0.717) is 6.54 Å². The minimum Gasteiger partial charge on any atom is -0.440 e. The van der Waals surface area contributed by atoms with Gasteiger partial charge in [-0.3, -0.25) is 0 Å². The van der Waals surface area contributed by atoms with Crippen LogP contribution in [0.15, 0.2) is 36.0 Å². The molecule has 2 aliphatic carbocycles. The van der Waals surface area contributed by atoms with Gasteiger partial charge < -0.3 is 10.1 Å². The Labute approximate surface area is 150 Å². The molecule has 1 amide bonds. The molecule has 1 saturated carbocycles. The minimum atomic E-state index is -0.482. The SMILES string of the molecule is C[C@]12Cc3cnn(-c4ccc(F)cc4)c3C=C1CCC[C@@]21CNC(=O)O1. The predicted octanol–water partition coefficient (Wildman–Crippen LogP) is 3.62. The quantitative estimate of drug-likeness (QED) is 0.852. The van der Waals surface area contributed by atoms with Crippen molar-refractivity contribution in [2.24, 2.45) is 5.41 Å². The molecule has 26 heavy (non-hydrogen) atoms. The first-order valence-electron chi connectivity index (χ1n) is 9.02. The summed E-state index contributed by atoms with van der Waals surface area (Å²) in [6, 6.07) is 6.37. The zero-order chi connectivity index (χ0) is 17.9. The van der Waals surface area contributed by atoms with Gasteiger partial charge >= 0.3 is 6.09 Å². The van der Waals surface area contributed by atoms with E-state index in [1.807, 2.05) is 10.9 Å². The number of carbonyl (C=O) groups is 1. The van der Waals surface area contributed by atoms with Crippen molar-refractivity contribution in [1.29, 1.82) is 0 Å². The lowest BCUT2D eigenvalue weighted by molar-refractivity contribution is -0.0517. The molecule has 5 rings (SSSR count). The molecule has 5 nitrogen and oxygen atoms in total. The largest absolute Gasteiger partial charge is 0.440 e. The van der Waals surface area contributed by atoms with Gasteiger partial charge in [0.05, 0.1) is 24.1 Å². The highest BCUT2D eigenvalue weighted by Gasteiger charge is 2.58. The van der Waals surface area contributed by atoms with E-state index in [2.05, 4.69) is 23.4 Å². The van der Waals surface area contributed by atoms with Gasteiger partial charge in [-0.15, -0.1) is 0 Å². The van der Waals surface area contributed by atoms with Crippen molar-refractivity contribution in [2.75, 3.05) is 6.54 Å². The van der Waals surface area contributed by atoms with Crippen molar-refractivity contribution >= 4 is 12.2 Å². The fourth-order valence-electron chi connectivity index (χ4n) is 4.84. The summed E-state index contributed by atoms with van der Waals surface area (Å²) in [4.78, 5) is 11.8. The fourth-order valence-corrected chi connectivity index (χ4v) is 4.84. The van der Waals surface area contributed by atoms with Crippen LogP contribution in [-0.4, -0.2) is 28.0 Å². The van der Waals surface area contributed by atoms with Crippen LogP contribution < -0.4 is 5.32 Å². The molecule has 2 heterocycles. The Hall–Kier alpha value is -2.63. The van der Waals surface area contributed by atoms with E-state index in [9.17, 15) is 9.18 Å². The summed E-state index contributed by atoms with van der Waals surface area (Å²) in [6.07, 6.45) is 7.40. The van der Waals surface area contributed by atoms with Crippen LogP contribution >= 0.6 is 0 Å². The standard InChI is InChI=1S/C20H20FN3O2/c1-19-10-13-11-23-24(16-6-4-15(21)5-7-16)17(13)9-14(19)3-2-8-20(19)12-22-18(25)26-20/h4-7,9,11H,2-3,8,10,12H2,1H3,(H,22,25)/t19-,20+/m0/s1. The van der Waals surface area contributed by atoms with E-state index in [4.69, 9.17) is 4.74 Å². The Bertz CT molecular complexity index is 933. The molecule has 2 aromatic rings. The average Bonchev–Trinajstić information content (AvgIpc) is 3.19. The van der Waals surface area contributed by atoms with Crippen LogP contribution in [-0.2, 0) is 11.2 Å². The molecule has 0 radical (unpaired) electrons. The highest BCUT2D eigenvalue weighted by molar-refractivity contribution is 5.72. The molecule has 1 N–H and O–H groups in total. The van der Waals surface area contributed by atoms with Gasteiger partial charge in [0.1, 0.15) is 11.4 Å². The smallest absolute Gasteiger partial charge is 0.407 e. The Kier molecular flexibility index (Phi) is 3.12. The summed E-state index contributed by atoms with van der Waals surface area (Å²) in [5.74, 6) is -0.259. The lowest BCUT2D eigenvalue weighted by atomic mass is 9.57. The van der Waals surface area contributed by atoms with E-state index in [0.717, 1.165) is 42.6 Å². The third-order valence-electron chi connectivity index (χ3n) is 6.36. The maximum Gasteiger partial charge on any atom is 0.407 e. The number of hydrogen-bond donors (Lipinski definition) is 1. The molecule has 134 valence electrons. The molecule has 3 aliphatic rings. The van der Waals surface area contributed by atoms with E-state index >= 15 is 0 Å². The van der Waals surface area contributed by atoms with Crippen LogP contribution in [0, 0.1) is 11.2 Å². The number of carbonyl (C=O) groups excluding carboxylic acids is 1. The van der Waals surface area contributed by atoms with Crippen molar-refractivity contribution in [3.05, 3.63) is 53.1 Å². The number of aromatic nitrogens is 2. The molecular weight excluding hydrogens is 333 g/mol. The second kappa shape index (κ2) is 5.19. The van der Waals surface area contributed by atoms with Gasteiger partial charge in [0.15, 0.2) is 0 Å². The van der Waals surface area contributed by atoms with Gasteiger partial charge in [-0.25, -0.2) is 13.9 Å². The number of amides is 1. The number of ether oxygens (including phenoxy) is 1. The van der Waals surface area contributed by atoms with Gasteiger partial charge in [0.25, 0.3) is 0 Å². The molecule has 0 bridgehead atoms.